The Morgan fingerprint density at radius 2 is 2.00 bits per heavy atom. The fourth-order valence-electron chi connectivity index (χ4n) is 4.20. The standard InChI is InChI=1S/C16H21NO2/c1-3-11-6-4-5-7-12(11)15-8-16(9-15,10-15)13(17)14(18)19-2/h4-7,13H,3,8-10,17H2,1-2H3. The number of esters is 1. The Labute approximate surface area is 114 Å². The monoisotopic (exact) mass is 259 g/mol. The van der Waals surface area contributed by atoms with Crippen molar-refractivity contribution in [1.82, 2.24) is 0 Å². The van der Waals surface area contributed by atoms with Crippen LogP contribution in [0.25, 0.3) is 0 Å². The summed E-state index contributed by atoms with van der Waals surface area (Å²) in [4.78, 5) is 11.6. The van der Waals surface area contributed by atoms with E-state index >= 15 is 0 Å². The van der Waals surface area contributed by atoms with Crippen molar-refractivity contribution in [3.63, 3.8) is 0 Å². The van der Waals surface area contributed by atoms with Gasteiger partial charge in [0.25, 0.3) is 0 Å². The number of rotatable bonds is 4. The molecule has 102 valence electrons. The maximum Gasteiger partial charge on any atom is 0.323 e. The van der Waals surface area contributed by atoms with Crippen LogP contribution in [0.4, 0.5) is 0 Å². The van der Waals surface area contributed by atoms with Crippen LogP contribution in [0, 0.1) is 5.41 Å². The van der Waals surface area contributed by atoms with Gasteiger partial charge in [0.15, 0.2) is 0 Å². The summed E-state index contributed by atoms with van der Waals surface area (Å²) in [6.07, 6.45) is 4.17. The minimum Gasteiger partial charge on any atom is -0.468 e. The second-order valence-electron chi connectivity index (χ2n) is 6.18. The predicted molar refractivity (Wildman–Crippen MR) is 73.8 cm³/mol. The lowest BCUT2D eigenvalue weighted by atomic mass is 9.31. The molecular weight excluding hydrogens is 238 g/mol. The fraction of sp³-hybridized carbons (Fsp3) is 0.562. The van der Waals surface area contributed by atoms with Gasteiger partial charge >= 0.3 is 5.97 Å². The zero-order valence-corrected chi connectivity index (χ0v) is 11.6. The first-order valence-corrected chi connectivity index (χ1v) is 6.99. The molecule has 0 aliphatic heterocycles. The Bertz CT molecular complexity index is 503. The highest BCUT2D eigenvalue weighted by Gasteiger charge is 2.71. The van der Waals surface area contributed by atoms with E-state index in [0.29, 0.717) is 0 Å². The van der Waals surface area contributed by atoms with Gasteiger partial charge in [-0.1, -0.05) is 31.2 Å². The van der Waals surface area contributed by atoms with Crippen LogP contribution in [-0.4, -0.2) is 19.1 Å². The SMILES string of the molecule is CCc1ccccc1C12CC(C(N)C(=O)OC)(C1)C2. The number of carbonyl (C=O) groups is 1. The molecule has 0 radical (unpaired) electrons. The number of hydrogen-bond donors (Lipinski definition) is 1. The number of hydrogen-bond acceptors (Lipinski definition) is 3. The molecule has 3 fully saturated rings. The summed E-state index contributed by atoms with van der Waals surface area (Å²) < 4.78 is 4.78. The molecule has 0 heterocycles. The Hall–Kier alpha value is -1.35. The summed E-state index contributed by atoms with van der Waals surface area (Å²) in [5, 5.41) is 0. The number of methoxy groups -OCH3 is 1. The van der Waals surface area contributed by atoms with Crippen molar-refractivity contribution in [2.45, 2.75) is 44.1 Å². The van der Waals surface area contributed by atoms with Crippen LogP contribution < -0.4 is 5.73 Å². The van der Waals surface area contributed by atoms with Crippen LogP contribution in [0.5, 0.6) is 0 Å². The molecule has 0 aromatic heterocycles. The van der Waals surface area contributed by atoms with Crippen LogP contribution in [-0.2, 0) is 21.4 Å². The van der Waals surface area contributed by atoms with Crippen LogP contribution >= 0.6 is 0 Å². The molecule has 2 bridgehead atoms. The van der Waals surface area contributed by atoms with Gasteiger partial charge in [-0.05, 0) is 47.6 Å². The molecule has 3 saturated carbocycles. The summed E-state index contributed by atoms with van der Waals surface area (Å²) >= 11 is 0. The maximum absolute atomic E-state index is 11.6. The number of ether oxygens (including phenoxy) is 1. The molecule has 1 aromatic rings. The van der Waals surface area contributed by atoms with Gasteiger partial charge in [-0.15, -0.1) is 0 Å². The highest BCUT2D eigenvalue weighted by Crippen LogP contribution is 2.75. The Morgan fingerprint density at radius 1 is 1.37 bits per heavy atom. The van der Waals surface area contributed by atoms with Crippen LogP contribution in [0.3, 0.4) is 0 Å². The Kier molecular flexibility index (Phi) is 2.72. The third kappa shape index (κ3) is 1.57. The number of carbonyl (C=O) groups excluding carboxylic acids is 1. The summed E-state index contributed by atoms with van der Waals surface area (Å²) in [5.74, 6) is -0.267. The van der Waals surface area contributed by atoms with E-state index < -0.39 is 6.04 Å². The highest BCUT2D eigenvalue weighted by atomic mass is 16.5. The van der Waals surface area contributed by atoms with E-state index in [1.54, 1.807) is 0 Å². The molecule has 1 atom stereocenters. The summed E-state index contributed by atoms with van der Waals surface area (Å²) in [5.41, 5.74) is 9.24. The van der Waals surface area contributed by atoms with E-state index in [2.05, 4.69) is 31.2 Å². The van der Waals surface area contributed by atoms with Gasteiger partial charge in [0.05, 0.1) is 7.11 Å². The molecule has 0 spiro atoms. The molecule has 0 saturated heterocycles. The van der Waals surface area contributed by atoms with Crippen molar-refractivity contribution < 1.29 is 9.53 Å². The van der Waals surface area contributed by atoms with Gasteiger partial charge in [0.2, 0.25) is 0 Å². The van der Waals surface area contributed by atoms with Crippen molar-refractivity contribution in [2.24, 2.45) is 11.1 Å². The fourth-order valence-corrected chi connectivity index (χ4v) is 4.20. The van der Waals surface area contributed by atoms with Gasteiger partial charge in [-0.2, -0.15) is 0 Å². The van der Waals surface area contributed by atoms with Gasteiger partial charge in [-0.3, -0.25) is 4.79 Å². The molecule has 1 aromatic carbocycles. The van der Waals surface area contributed by atoms with Crippen LogP contribution in [0.15, 0.2) is 24.3 Å². The average Bonchev–Trinajstić information content (AvgIpc) is 2.35. The molecule has 3 aliphatic carbocycles. The average molecular weight is 259 g/mol. The molecule has 2 N–H and O–H groups in total. The molecule has 19 heavy (non-hydrogen) atoms. The maximum atomic E-state index is 11.6. The normalized spacial score (nSPS) is 33.0. The number of aryl methyl sites for hydroxylation is 1. The summed E-state index contributed by atoms with van der Waals surface area (Å²) in [6.45, 7) is 2.19. The van der Waals surface area contributed by atoms with E-state index in [-0.39, 0.29) is 16.8 Å². The van der Waals surface area contributed by atoms with E-state index in [1.807, 2.05) is 0 Å². The molecule has 3 aliphatic rings. The molecule has 0 amide bonds. The minimum absolute atomic E-state index is 0.00788. The van der Waals surface area contributed by atoms with Gasteiger partial charge in [0.1, 0.15) is 6.04 Å². The highest BCUT2D eigenvalue weighted by molar-refractivity contribution is 5.78. The van der Waals surface area contributed by atoms with Crippen LogP contribution in [0.2, 0.25) is 0 Å². The van der Waals surface area contributed by atoms with E-state index in [9.17, 15) is 4.79 Å². The molecule has 1 unspecified atom stereocenters. The van der Waals surface area contributed by atoms with E-state index in [4.69, 9.17) is 10.5 Å². The van der Waals surface area contributed by atoms with Gasteiger partial charge in [0, 0.05) is 0 Å². The smallest absolute Gasteiger partial charge is 0.323 e. The largest absolute Gasteiger partial charge is 0.468 e. The number of nitrogens with two attached hydrogens (primary N) is 1. The first-order chi connectivity index (χ1) is 9.07. The third-order valence-electron chi connectivity index (χ3n) is 5.16. The van der Waals surface area contributed by atoms with Gasteiger partial charge < -0.3 is 10.5 Å². The third-order valence-corrected chi connectivity index (χ3v) is 5.16. The predicted octanol–water partition coefficient (Wildman–Crippen LogP) is 2.17. The van der Waals surface area contributed by atoms with Gasteiger partial charge in [-0.25, -0.2) is 0 Å². The molecule has 3 nitrogen and oxygen atoms in total. The van der Waals surface area contributed by atoms with Crippen molar-refractivity contribution in [3.8, 4) is 0 Å². The lowest BCUT2D eigenvalue weighted by Crippen LogP contribution is -2.72. The van der Waals surface area contributed by atoms with Crippen molar-refractivity contribution in [1.29, 1.82) is 0 Å². The molecule has 3 heteroatoms. The number of benzene rings is 1. The zero-order valence-electron chi connectivity index (χ0n) is 11.6. The summed E-state index contributed by atoms with van der Waals surface area (Å²) in [6, 6.07) is 8.22. The second kappa shape index (κ2) is 4.07. The molecular formula is C16H21NO2. The zero-order chi connectivity index (χ0) is 13.7. The lowest BCUT2D eigenvalue weighted by molar-refractivity contribution is -0.181. The first-order valence-electron chi connectivity index (χ1n) is 6.99. The van der Waals surface area contributed by atoms with Crippen molar-refractivity contribution >= 4 is 5.97 Å². The topological polar surface area (TPSA) is 52.3 Å². The lowest BCUT2D eigenvalue weighted by Gasteiger charge is -2.72. The summed E-state index contributed by atoms with van der Waals surface area (Å²) in [7, 11) is 1.41. The minimum atomic E-state index is -0.451. The first kappa shape index (κ1) is 12.7. The van der Waals surface area contributed by atoms with Crippen LogP contribution in [0.1, 0.15) is 37.3 Å². The Balaban J connectivity index is 1.78. The van der Waals surface area contributed by atoms with E-state index in [0.717, 1.165) is 25.7 Å². The van der Waals surface area contributed by atoms with E-state index in [1.165, 1.54) is 18.2 Å². The molecule has 4 rings (SSSR count). The second-order valence-corrected chi connectivity index (χ2v) is 6.18. The quantitative estimate of drug-likeness (QED) is 0.843. The van der Waals surface area contributed by atoms with Crippen molar-refractivity contribution in [2.75, 3.05) is 7.11 Å². The van der Waals surface area contributed by atoms with Crippen molar-refractivity contribution in [3.05, 3.63) is 35.4 Å². The Morgan fingerprint density at radius 3 is 2.58 bits per heavy atom.